The summed E-state index contributed by atoms with van der Waals surface area (Å²) in [5.74, 6) is 0. The van der Waals surface area contributed by atoms with E-state index < -0.39 is 0 Å². The molecule has 0 fully saturated rings. The molecule has 0 unspecified atom stereocenters. The van der Waals surface area contributed by atoms with Crippen molar-refractivity contribution in [3.8, 4) is 11.9 Å². The average Bonchev–Trinajstić information content (AvgIpc) is 2.91. The number of aryl methyl sites for hydroxylation is 1. The number of benzene rings is 1. The molecule has 2 heterocycles. The fourth-order valence-corrected chi connectivity index (χ4v) is 2.26. The van der Waals surface area contributed by atoms with Gasteiger partial charge in [-0.25, -0.2) is 4.68 Å². The summed E-state index contributed by atoms with van der Waals surface area (Å²) in [6.45, 7) is 3.34. The van der Waals surface area contributed by atoms with E-state index >= 15 is 0 Å². The van der Waals surface area contributed by atoms with E-state index in [9.17, 15) is 0 Å². The second-order valence-electron chi connectivity index (χ2n) is 4.21. The molecule has 0 aliphatic carbocycles. The van der Waals surface area contributed by atoms with E-state index in [2.05, 4.69) is 11.3 Å². The van der Waals surface area contributed by atoms with Crippen molar-refractivity contribution in [2.45, 2.75) is 20.0 Å². The molecule has 1 aromatic heterocycles. The van der Waals surface area contributed by atoms with Gasteiger partial charge in [0.05, 0.1) is 30.2 Å². The summed E-state index contributed by atoms with van der Waals surface area (Å²) < 4.78 is 1.95. The van der Waals surface area contributed by atoms with Gasteiger partial charge < -0.3 is 4.90 Å². The zero-order chi connectivity index (χ0) is 11.8. The molecule has 0 saturated carbocycles. The monoisotopic (exact) mass is 224 g/mol. The molecule has 1 aliphatic heterocycles. The summed E-state index contributed by atoms with van der Waals surface area (Å²) in [7, 11) is 0. The Hall–Kier alpha value is -2.28. The van der Waals surface area contributed by atoms with E-state index in [-0.39, 0.29) is 0 Å². The van der Waals surface area contributed by atoms with Crippen molar-refractivity contribution in [3.05, 3.63) is 47.3 Å². The molecule has 4 heteroatoms. The molecule has 2 aromatic rings. The SMILES string of the molecule is Cc1nn(-c2ccccc2)c2c1CN(C#N)C2. The third kappa shape index (κ3) is 1.48. The van der Waals surface area contributed by atoms with E-state index in [1.165, 1.54) is 5.56 Å². The third-order valence-electron chi connectivity index (χ3n) is 3.12. The molecule has 1 aliphatic rings. The Morgan fingerprint density at radius 3 is 2.71 bits per heavy atom. The Morgan fingerprint density at radius 2 is 2.00 bits per heavy atom. The van der Waals surface area contributed by atoms with Crippen molar-refractivity contribution in [3.63, 3.8) is 0 Å². The predicted molar refractivity (Wildman–Crippen MR) is 63.2 cm³/mol. The molecule has 0 amide bonds. The highest BCUT2D eigenvalue weighted by atomic mass is 15.3. The highest BCUT2D eigenvalue weighted by Crippen LogP contribution is 2.27. The highest BCUT2D eigenvalue weighted by Gasteiger charge is 2.25. The third-order valence-corrected chi connectivity index (χ3v) is 3.12. The van der Waals surface area contributed by atoms with E-state index in [0.29, 0.717) is 13.1 Å². The minimum absolute atomic E-state index is 0.654. The molecule has 84 valence electrons. The number of rotatable bonds is 1. The summed E-state index contributed by atoms with van der Waals surface area (Å²) in [6, 6.07) is 10.0. The summed E-state index contributed by atoms with van der Waals surface area (Å²) in [5, 5.41) is 13.5. The zero-order valence-corrected chi connectivity index (χ0v) is 9.59. The van der Waals surface area contributed by atoms with E-state index in [1.807, 2.05) is 41.9 Å². The van der Waals surface area contributed by atoms with Crippen molar-refractivity contribution < 1.29 is 0 Å². The van der Waals surface area contributed by atoms with Gasteiger partial charge in [-0.15, -0.1) is 0 Å². The lowest BCUT2D eigenvalue weighted by atomic mass is 10.2. The maximum absolute atomic E-state index is 8.96. The van der Waals surface area contributed by atoms with Gasteiger partial charge in [-0.3, -0.25) is 0 Å². The largest absolute Gasteiger partial charge is 0.300 e. The average molecular weight is 224 g/mol. The molecule has 0 radical (unpaired) electrons. The summed E-state index contributed by atoms with van der Waals surface area (Å²) in [4.78, 5) is 1.75. The molecule has 3 rings (SSSR count). The van der Waals surface area contributed by atoms with Gasteiger partial charge >= 0.3 is 0 Å². The van der Waals surface area contributed by atoms with Crippen LogP contribution in [-0.4, -0.2) is 14.7 Å². The molecular formula is C13H12N4. The minimum atomic E-state index is 0.654. The molecule has 0 N–H and O–H groups in total. The van der Waals surface area contributed by atoms with Crippen LogP contribution in [0.15, 0.2) is 30.3 Å². The van der Waals surface area contributed by atoms with Crippen LogP contribution in [0.2, 0.25) is 0 Å². The quantitative estimate of drug-likeness (QED) is 0.696. The fourth-order valence-electron chi connectivity index (χ4n) is 2.26. The number of hydrogen-bond donors (Lipinski definition) is 0. The van der Waals surface area contributed by atoms with Gasteiger partial charge in [0, 0.05) is 5.56 Å². The van der Waals surface area contributed by atoms with Crippen LogP contribution in [-0.2, 0) is 13.1 Å². The summed E-state index contributed by atoms with van der Waals surface area (Å²) in [6.07, 6.45) is 2.20. The first-order valence-corrected chi connectivity index (χ1v) is 5.57. The van der Waals surface area contributed by atoms with Crippen LogP contribution in [0.1, 0.15) is 17.0 Å². The molecule has 1 aromatic carbocycles. The van der Waals surface area contributed by atoms with Crippen molar-refractivity contribution >= 4 is 0 Å². The van der Waals surface area contributed by atoms with Crippen LogP contribution < -0.4 is 0 Å². The number of nitrogens with zero attached hydrogens (tertiary/aromatic N) is 4. The number of para-hydroxylation sites is 1. The van der Waals surface area contributed by atoms with E-state index in [0.717, 1.165) is 17.1 Å². The van der Waals surface area contributed by atoms with Gasteiger partial charge in [0.25, 0.3) is 0 Å². The predicted octanol–water partition coefficient (Wildman–Crippen LogP) is 1.98. The lowest BCUT2D eigenvalue weighted by molar-refractivity contribution is 0.407. The molecule has 0 spiro atoms. The van der Waals surface area contributed by atoms with Gasteiger partial charge in [-0.05, 0) is 19.1 Å². The van der Waals surface area contributed by atoms with Crippen molar-refractivity contribution in [1.29, 1.82) is 5.26 Å². The van der Waals surface area contributed by atoms with Gasteiger partial charge in [0.15, 0.2) is 6.19 Å². The highest BCUT2D eigenvalue weighted by molar-refractivity contribution is 5.39. The second kappa shape index (κ2) is 3.63. The Labute approximate surface area is 99.7 Å². The van der Waals surface area contributed by atoms with Crippen LogP contribution in [0.25, 0.3) is 5.69 Å². The second-order valence-corrected chi connectivity index (χ2v) is 4.21. The number of hydrogen-bond acceptors (Lipinski definition) is 3. The molecule has 0 saturated heterocycles. The lowest BCUT2D eigenvalue weighted by Gasteiger charge is -2.08. The van der Waals surface area contributed by atoms with Gasteiger partial charge in [0.1, 0.15) is 0 Å². The van der Waals surface area contributed by atoms with Gasteiger partial charge in [0.2, 0.25) is 0 Å². The first-order chi connectivity index (χ1) is 8.29. The van der Waals surface area contributed by atoms with Crippen LogP contribution in [0.3, 0.4) is 0 Å². The van der Waals surface area contributed by atoms with Crippen LogP contribution in [0.5, 0.6) is 0 Å². The topological polar surface area (TPSA) is 44.9 Å². The standard InChI is InChI=1S/C13H12N4/c1-10-12-7-16(9-14)8-13(12)17(15-10)11-5-3-2-4-6-11/h2-6H,7-8H2,1H3. The molecule has 17 heavy (non-hydrogen) atoms. The van der Waals surface area contributed by atoms with Gasteiger partial charge in [-0.1, -0.05) is 18.2 Å². The maximum atomic E-state index is 8.96. The van der Waals surface area contributed by atoms with Crippen LogP contribution in [0.4, 0.5) is 0 Å². The van der Waals surface area contributed by atoms with Crippen LogP contribution in [0, 0.1) is 18.4 Å². The summed E-state index contributed by atoms with van der Waals surface area (Å²) >= 11 is 0. The van der Waals surface area contributed by atoms with Crippen molar-refractivity contribution in [2.24, 2.45) is 0 Å². The van der Waals surface area contributed by atoms with Crippen molar-refractivity contribution in [1.82, 2.24) is 14.7 Å². The Bertz CT molecular complexity index is 592. The normalized spacial score (nSPS) is 13.5. The summed E-state index contributed by atoms with van der Waals surface area (Å²) in [5.41, 5.74) is 4.39. The lowest BCUT2D eigenvalue weighted by Crippen LogP contribution is -2.11. The number of nitriles is 1. The fraction of sp³-hybridized carbons (Fsp3) is 0.231. The molecule has 0 atom stereocenters. The van der Waals surface area contributed by atoms with Gasteiger partial charge in [-0.2, -0.15) is 10.4 Å². The minimum Gasteiger partial charge on any atom is -0.300 e. The molecule has 0 bridgehead atoms. The van der Waals surface area contributed by atoms with Crippen LogP contribution >= 0.6 is 0 Å². The molecule has 4 nitrogen and oxygen atoms in total. The Kier molecular flexibility index (Phi) is 2.12. The maximum Gasteiger partial charge on any atom is 0.180 e. The van der Waals surface area contributed by atoms with E-state index in [1.54, 1.807) is 4.90 Å². The first-order valence-electron chi connectivity index (χ1n) is 5.57. The first kappa shape index (κ1) is 9.91. The Morgan fingerprint density at radius 1 is 1.24 bits per heavy atom. The number of aromatic nitrogens is 2. The number of fused-ring (bicyclic) bond motifs is 1. The Balaban J connectivity index is 2.11. The van der Waals surface area contributed by atoms with Crippen molar-refractivity contribution in [2.75, 3.05) is 0 Å². The van der Waals surface area contributed by atoms with E-state index in [4.69, 9.17) is 5.26 Å². The molecular weight excluding hydrogens is 212 g/mol. The zero-order valence-electron chi connectivity index (χ0n) is 9.59. The smallest absolute Gasteiger partial charge is 0.180 e.